The lowest BCUT2D eigenvalue weighted by Crippen LogP contribution is -2.35. The van der Waals surface area contributed by atoms with Crippen LogP contribution in [0.4, 0.5) is 11.4 Å². The Labute approximate surface area is 163 Å². The Morgan fingerprint density at radius 3 is 2.68 bits per heavy atom. The highest BCUT2D eigenvalue weighted by molar-refractivity contribution is 7.92. The summed E-state index contributed by atoms with van der Waals surface area (Å²) in [5, 5.41) is 0. The molecule has 1 aliphatic heterocycles. The molecule has 0 unspecified atom stereocenters. The molecule has 1 aromatic heterocycles. The predicted molar refractivity (Wildman–Crippen MR) is 107 cm³/mol. The number of hydrogen-bond acceptors (Lipinski definition) is 4. The number of carbonyl (C=O) groups is 1. The maximum atomic E-state index is 12.8. The van der Waals surface area contributed by atoms with Crippen molar-refractivity contribution in [3.8, 4) is 0 Å². The topological polar surface area (TPSA) is 79.6 Å². The first-order chi connectivity index (χ1) is 13.5. The molecule has 7 heteroatoms. The zero-order chi connectivity index (χ0) is 19.7. The number of furan rings is 1. The van der Waals surface area contributed by atoms with E-state index in [9.17, 15) is 13.2 Å². The van der Waals surface area contributed by atoms with Crippen LogP contribution in [-0.4, -0.2) is 20.9 Å². The van der Waals surface area contributed by atoms with Crippen molar-refractivity contribution in [3.05, 3.63) is 77.7 Å². The van der Waals surface area contributed by atoms with Gasteiger partial charge >= 0.3 is 0 Å². The molecule has 0 radical (unpaired) electrons. The van der Waals surface area contributed by atoms with Gasteiger partial charge in [0, 0.05) is 12.2 Å². The first kappa shape index (κ1) is 18.3. The number of nitrogens with one attached hydrogen (secondary N) is 1. The van der Waals surface area contributed by atoms with Crippen molar-refractivity contribution < 1.29 is 17.6 Å². The molecule has 0 bridgehead atoms. The summed E-state index contributed by atoms with van der Waals surface area (Å²) in [6.45, 7) is 2.31. The molecule has 4 rings (SSSR count). The molecule has 0 saturated carbocycles. The third-order valence-electron chi connectivity index (χ3n) is 4.82. The fraction of sp³-hybridized carbons (Fsp3) is 0.190. The molecule has 2 aromatic carbocycles. The summed E-state index contributed by atoms with van der Waals surface area (Å²) in [7, 11) is -3.72. The number of sulfonamides is 1. The smallest absolute Gasteiger partial charge is 0.293 e. The second kappa shape index (κ2) is 7.16. The van der Waals surface area contributed by atoms with Gasteiger partial charge in [0.25, 0.3) is 15.9 Å². The van der Waals surface area contributed by atoms with Gasteiger partial charge in [0.15, 0.2) is 5.76 Å². The quantitative estimate of drug-likeness (QED) is 0.723. The number of fused-ring (bicyclic) bond motifs is 1. The zero-order valence-corrected chi connectivity index (χ0v) is 16.2. The van der Waals surface area contributed by atoms with Crippen molar-refractivity contribution in [3.63, 3.8) is 0 Å². The molecule has 0 aliphatic carbocycles. The first-order valence-electron chi connectivity index (χ1n) is 9.02. The van der Waals surface area contributed by atoms with E-state index in [0.29, 0.717) is 23.5 Å². The van der Waals surface area contributed by atoms with Crippen LogP contribution in [-0.2, 0) is 16.4 Å². The molecule has 6 nitrogen and oxygen atoms in total. The molecule has 144 valence electrons. The summed E-state index contributed by atoms with van der Waals surface area (Å²) in [6.07, 6.45) is 3.14. The van der Waals surface area contributed by atoms with Crippen LogP contribution < -0.4 is 9.62 Å². The Bertz CT molecular complexity index is 1120. The van der Waals surface area contributed by atoms with Crippen molar-refractivity contribution in [1.82, 2.24) is 0 Å². The van der Waals surface area contributed by atoms with Gasteiger partial charge in [0.2, 0.25) is 0 Å². The third-order valence-corrected chi connectivity index (χ3v) is 6.36. The normalized spacial score (nSPS) is 13.8. The van der Waals surface area contributed by atoms with Gasteiger partial charge in [-0.1, -0.05) is 24.3 Å². The van der Waals surface area contributed by atoms with Crippen LogP contribution in [0.3, 0.4) is 0 Å². The van der Waals surface area contributed by atoms with E-state index in [0.717, 1.165) is 18.4 Å². The van der Waals surface area contributed by atoms with Crippen molar-refractivity contribution >= 4 is 27.3 Å². The summed E-state index contributed by atoms with van der Waals surface area (Å²) >= 11 is 0. The minimum absolute atomic E-state index is 0.232. The Balaban J connectivity index is 1.67. The molecular formula is C21H20N2O4S. The van der Waals surface area contributed by atoms with E-state index in [1.165, 1.54) is 6.26 Å². The Morgan fingerprint density at radius 2 is 1.93 bits per heavy atom. The molecule has 1 amide bonds. The van der Waals surface area contributed by atoms with Crippen molar-refractivity contribution in [2.45, 2.75) is 24.7 Å². The summed E-state index contributed by atoms with van der Waals surface area (Å²) < 4.78 is 33.4. The van der Waals surface area contributed by atoms with Crippen LogP contribution >= 0.6 is 0 Å². The predicted octanol–water partition coefficient (Wildman–Crippen LogP) is 3.98. The van der Waals surface area contributed by atoms with E-state index in [2.05, 4.69) is 4.72 Å². The van der Waals surface area contributed by atoms with Crippen LogP contribution in [0.25, 0.3) is 0 Å². The maximum Gasteiger partial charge on any atom is 0.293 e. The van der Waals surface area contributed by atoms with Gasteiger partial charge < -0.3 is 9.32 Å². The average molecular weight is 396 g/mol. The second-order valence-corrected chi connectivity index (χ2v) is 8.40. The molecule has 1 N–H and O–H groups in total. The fourth-order valence-corrected chi connectivity index (χ4v) is 4.75. The molecule has 2 heterocycles. The molecule has 0 atom stereocenters. The Morgan fingerprint density at radius 1 is 1.11 bits per heavy atom. The van der Waals surface area contributed by atoms with E-state index < -0.39 is 10.0 Å². The molecule has 0 saturated heterocycles. The van der Waals surface area contributed by atoms with E-state index in [4.69, 9.17) is 4.42 Å². The van der Waals surface area contributed by atoms with Gasteiger partial charge in [-0.3, -0.25) is 9.52 Å². The lowest BCUT2D eigenvalue weighted by Gasteiger charge is -2.29. The molecule has 1 aliphatic rings. The number of rotatable bonds is 4. The number of carbonyl (C=O) groups excluding carboxylic acids is 1. The summed E-state index contributed by atoms with van der Waals surface area (Å²) in [5.41, 5.74) is 2.80. The van der Waals surface area contributed by atoms with E-state index in [1.807, 2.05) is 6.07 Å². The lowest BCUT2D eigenvalue weighted by molar-refractivity contribution is 0.0958. The lowest BCUT2D eigenvalue weighted by atomic mass is 10.0. The van der Waals surface area contributed by atoms with Gasteiger partial charge in [0.1, 0.15) is 0 Å². The molecule has 3 aromatic rings. The standard InChI is InChI=1S/C21H20N2O4S/c1-15-6-2-3-9-20(15)28(25,26)22-17-11-10-16-7-4-12-23(18(16)14-17)21(24)19-8-5-13-27-19/h2-3,5-6,8-11,13-14,22H,4,7,12H2,1H3. The number of aryl methyl sites for hydroxylation is 2. The number of benzene rings is 2. The van der Waals surface area contributed by atoms with E-state index in [1.54, 1.807) is 60.4 Å². The van der Waals surface area contributed by atoms with Gasteiger partial charge in [-0.25, -0.2) is 8.42 Å². The molecule has 0 spiro atoms. The first-order valence-corrected chi connectivity index (χ1v) is 10.5. The average Bonchev–Trinajstić information content (AvgIpc) is 3.21. The van der Waals surface area contributed by atoms with Gasteiger partial charge in [0.05, 0.1) is 16.8 Å². The Kier molecular flexibility index (Phi) is 4.68. The fourth-order valence-electron chi connectivity index (χ4n) is 3.45. The van der Waals surface area contributed by atoms with Crippen LogP contribution in [0.2, 0.25) is 0 Å². The Hall–Kier alpha value is -3.06. The SMILES string of the molecule is Cc1ccccc1S(=O)(=O)Nc1ccc2c(c1)N(C(=O)c1ccco1)CCC2. The van der Waals surface area contributed by atoms with E-state index >= 15 is 0 Å². The molecule has 0 fully saturated rings. The monoisotopic (exact) mass is 396 g/mol. The van der Waals surface area contributed by atoms with Crippen molar-refractivity contribution in [2.75, 3.05) is 16.2 Å². The molecular weight excluding hydrogens is 376 g/mol. The third kappa shape index (κ3) is 3.41. The highest BCUT2D eigenvalue weighted by atomic mass is 32.2. The minimum Gasteiger partial charge on any atom is -0.459 e. The highest BCUT2D eigenvalue weighted by Gasteiger charge is 2.26. The van der Waals surface area contributed by atoms with Gasteiger partial charge in [-0.15, -0.1) is 0 Å². The second-order valence-electron chi connectivity index (χ2n) is 6.75. The summed E-state index contributed by atoms with van der Waals surface area (Å²) in [4.78, 5) is 14.7. The van der Waals surface area contributed by atoms with Crippen molar-refractivity contribution in [1.29, 1.82) is 0 Å². The van der Waals surface area contributed by atoms with Crippen molar-refractivity contribution in [2.24, 2.45) is 0 Å². The van der Waals surface area contributed by atoms with Crippen LogP contribution in [0.5, 0.6) is 0 Å². The number of amides is 1. The zero-order valence-electron chi connectivity index (χ0n) is 15.4. The summed E-state index contributed by atoms with van der Waals surface area (Å²) in [6, 6.07) is 15.4. The highest BCUT2D eigenvalue weighted by Crippen LogP contribution is 2.32. The largest absolute Gasteiger partial charge is 0.459 e. The number of hydrogen-bond donors (Lipinski definition) is 1. The number of anilines is 2. The summed E-state index contributed by atoms with van der Waals surface area (Å²) in [5.74, 6) is 0.0311. The van der Waals surface area contributed by atoms with Crippen LogP contribution in [0.1, 0.15) is 28.1 Å². The van der Waals surface area contributed by atoms with Crippen LogP contribution in [0, 0.1) is 6.92 Å². The van der Waals surface area contributed by atoms with Gasteiger partial charge in [-0.05, 0) is 61.2 Å². The number of nitrogens with zero attached hydrogens (tertiary/aromatic N) is 1. The maximum absolute atomic E-state index is 12.8. The van der Waals surface area contributed by atoms with Crippen LogP contribution in [0.15, 0.2) is 70.2 Å². The minimum atomic E-state index is -3.72. The van der Waals surface area contributed by atoms with Gasteiger partial charge in [-0.2, -0.15) is 0 Å². The van der Waals surface area contributed by atoms with E-state index in [-0.39, 0.29) is 16.6 Å². The molecule has 28 heavy (non-hydrogen) atoms.